The number of benzene rings is 1. The van der Waals surface area contributed by atoms with Crippen LogP contribution >= 0.6 is 67.8 Å². The molecule has 0 N–H and O–H groups in total. The Morgan fingerprint density at radius 3 is 2.33 bits per heavy atom. The van der Waals surface area contributed by atoms with Crippen LogP contribution in [0.15, 0.2) is 12.1 Å². The monoisotopic (exact) mass is 747 g/mol. The molecule has 7 nitrogen and oxygen atoms in total. The lowest BCUT2D eigenvalue weighted by Crippen LogP contribution is -2.39. The molecule has 0 heterocycles. The van der Waals surface area contributed by atoms with Crippen molar-refractivity contribution in [2.75, 3.05) is 13.2 Å². The summed E-state index contributed by atoms with van der Waals surface area (Å²) in [5.41, 5.74) is 0.212. The van der Waals surface area contributed by atoms with Gasteiger partial charge < -0.3 is 14.0 Å². The quantitative estimate of drug-likeness (QED) is 0.174. The third-order valence-electron chi connectivity index (χ3n) is 2.87. The minimum absolute atomic E-state index is 0.212. The Bertz CT molecular complexity index is 833. The van der Waals surface area contributed by atoms with Gasteiger partial charge in [0.05, 0.1) is 12.2 Å². The van der Waals surface area contributed by atoms with Crippen molar-refractivity contribution < 1.29 is 45.2 Å². The van der Waals surface area contributed by atoms with Gasteiger partial charge in [-0.1, -0.05) is 0 Å². The second-order valence-electron chi connectivity index (χ2n) is 4.82. The molecule has 0 saturated heterocycles. The van der Waals surface area contributed by atoms with Crippen LogP contribution in [0.1, 0.15) is 16.8 Å². The van der Waals surface area contributed by atoms with E-state index < -0.39 is 53.1 Å². The summed E-state index contributed by atoms with van der Waals surface area (Å²) in [7, 11) is -6.19. The van der Waals surface area contributed by atoms with Gasteiger partial charge in [-0.2, -0.15) is 8.78 Å². The van der Waals surface area contributed by atoms with Gasteiger partial charge in [0, 0.05) is 17.1 Å². The van der Waals surface area contributed by atoms with E-state index in [0.717, 1.165) is 7.14 Å². The first kappa shape index (κ1) is 25.1. The normalized spacial score (nSPS) is 13.1. The largest absolute Gasteiger partial charge is 0.743 e. The predicted octanol–water partition coefficient (Wildman–Crippen LogP) is 3.07. The van der Waals surface area contributed by atoms with Gasteiger partial charge in [-0.25, -0.2) is 22.4 Å². The molecular weight excluding hydrogens is 738 g/mol. The molecule has 1 unspecified atom stereocenters. The molecule has 0 fully saturated rings. The van der Waals surface area contributed by atoms with Crippen LogP contribution in [0.3, 0.4) is 0 Å². The highest BCUT2D eigenvalue weighted by Gasteiger charge is 2.47. The van der Waals surface area contributed by atoms with Crippen LogP contribution in [-0.2, 0) is 24.4 Å². The molecule has 0 bridgehead atoms. The molecule has 0 radical (unpaired) electrons. The Morgan fingerprint density at radius 2 is 1.78 bits per heavy atom. The molecule has 0 aliphatic rings. The number of alkyl halides is 3. The third-order valence-corrected chi connectivity index (χ3v) is 7.46. The van der Waals surface area contributed by atoms with Crippen LogP contribution in [0.2, 0.25) is 0 Å². The first-order valence-corrected chi connectivity index (χ1v) is 11.4. The van der Waals surface area contributed by atoms with Gasteiger partial charge in [0.15, 0.2) is 22.9 Å². The maximum absolute atomic E-state index is 13.2. The van der Waals surface area contributed by atoms with Crippen molar-refractivity contribution in [3.8, 4) is 0 Å². The van der Waals surface area contributed by atoms with Gasteiger partial charge in [0.1, 0.15) is 0 Å². The van der Waals surface area contributed by atoms with E-state index in [4.69, 9.17) is 4.74 Å². The molecule has 1 rings (SSSR count). The average molecular weight is 747 g/mol. The summed E-state index contributed by atoms with van der Waals surface area (Å²) >= 11 is 5.93. The van der Waals surface area contributed by atoms with Gasteiger partial charge in [-0.15, -0.1) is 0 Å². The zero-order valence-corrected chi connectivity index (χ0v) is 20.2. The summed E-state index contributed by atoms with van der Waals surface area (Å²) in [5.74, 6) is -1.97. The standard InChI is InChI=1S/C13H10F3I3O7S/c14-9(13(15,16)27(22,23)24)1-2-25-10(20)5-26-12(21)7-3-6(17)4-8(18)11(7)19/h3-4,9H,1-2,5H2,(H,22,23,24)/p-1. The molecule has 0 aliphatic carbocycles. The molecule has 0 amide bonds. The highest BCUT2D eigenvalue weighted by atomic mass is 127. The van der Waals surface area contributed by atoms with Crippen LogP contribution in [0.25, 0.3) is 0 Å². The molecule has 152 valence electrons. The Kier molecular flexibility index (Phi) is 9.47. The molecule has 0 saturated carbocycles. The van der Waals surface area contributed by atoms with Gasteiger partial charge in [-0.05, 0) is 79.9 Å². The lowest BCUT2D eigenvalue weighted by Gasteiger charge is -2.23. The number of hydrogen-bond acceptors (Lipinski definition) is 7. The van der Waals surface area contributed by atoms with Crippen LogP contribution in [0, 0.1) is 10.7 Å². The van der Waals surface area contributed by atoms with Crippen LogP contribution in [0.4, 0.5) is 13.2 Å². The number of carbonyl (C=O) groups excluding carboxylic acids is 2. The summed E-state index contributed by atoms with van der Waals surface area (Å²) in [6.45, 7) is -1.79. The van der Waals surface area contributed by atoms with E-state index in [1.807, 2.05) is 73.8 Å². The average Bonchev–Trinajstić information content (AvgIpc) is 2.54. The summed E-state index contributed by atoms with van der Waals surface area (Å²) in [4.78, 5) is 23.4. The Balaban J connectivity index is 2.52. The third kappa shape index (κ3) is 7.11. The van der Waals surface area contributed by atoms with Crippen LogP contribution in [0.5, 0.6) is 0 Å². The van der Waals surface area contributed by atoms with E-state index in [9.17, 15) is 35.7 Å². The van der Waals surface area contributed by atoms with Crippen molar-refractivity contribution >= 4 is 89.8 Å². The fourth-order valence-corrected chi connectivity index (χ4v) is 4.36. The first-order chi connectivity index (χ1) is 12.3. The van der Waals surface area contributed by atoms with Gasteiger partial charge in [0.2, 0.25) is 0 Å². The van der Waals surface area contributed by atoms with Crippen molar-refractivity contribution in [3.63, 3.8) is 0 Å². The van der Waals surface area contributed by atoms with Gasteiger partial charge in [0.25, 0.3) is 0 Å². The Hall–Kier alpha value is 0.0500. The molecule has 14 heteroatoms. The van der Waals surface area contributed by atoms with Crippen LogP contribution < -0.4 is 0 Å². The molecule has 0 aromatic heterocycles. The maximum atomic E-state index is 13.2. The number of carbonyl (C=O) groups is 2. The zero-order chi connectivity index (χ0) is 21.0. The second-order valence-corrected chi connectivity index (χ2v) is 9.76. The Morgan fingerprint density at radius 1 is 1.19 bits per heavy atom. The van der Waals surface area contributed by atoms with E-state index in [1.54, 1.807) is 0 Å². The molecule has 1 aromatic carbocycles. The van der Waals surface area contributed by atoms with E-state index in [0.29, 0.717) is 3.57 Å². The van der Waals surface area contributed by atoms with Crippen LogP contribution in [-0.4, -0.2) is 49.5 Å². The van der Waals surface area contributed by atoms with Crippen molar-refractivity contribution in [3.05, 3.63) is 28.4 Å². The lowest BCUT2D eigenvalue weighted by atomic mass is 10.2. The number of hydrogen-bond donors (Lipinski definition) is 0. The molecule has 27 heavy (non-hydrogen) atoms. The van der Waals surface area contributed by atoms with Gasteiger partial charge >= 0.3 is 17.2 Å². The maximum Gasteiger partial charge on any atom is 0.364 e. The lowest BCUT2D eigenvalue weighted by molar-refractivity contribution is -0.148. The highest BCUT2D eigenvalue weighted by molar-refractivity contribution is 14.1. The zero-order valence-electron chi connectivity index (χ0n) is 12.9. The van der Waals surface area contributed by atoms with E-state index in [2.05, 4.69) is 4.74 Å². The van der Waals surface area contributed by atoms with E-state index in [1.165, 1.54) is 6.07 Å². The summed E-state index contributed by atoms with van der Waals surface area (Å²) in [6.07, 6.45) is -4.56. The molecule has 1 aromatic rings. The summed E-state index contributed by atoms with van der Waals surface area (Å²) < 4.78 is 81.1. The van der Waals surface area contributed by atoms with E-state index in [-0.39, 0.29) is 5.56 Å². The Labute approximate surface area is 192 Å². The number of ether oxygens (including phenoxy) is 2. The fraction of sp³-hybridized carbons (Fsp3) is 0.385. The smallest absolute Gasteiger partial charge is 0.364 e. The molecule has 0 spiro atoms. The van der Waals surface area contributed by atoms with Crippen molar-refractivity contribution in [1.82, 2.24) is 0 Å². The molecular formula is C13H9F3I3O7S-. The first-order valence-electron chi connectivity index (χ1n) is 6.72. The predicted molar refractivity (Wildman–Crippen MR) is 110 cm³/mol. The van der Waals surface area contributed by atoms with E-state index >= 15 is 0 Å². The van der Waals surface area contributed by atoms with Crippen molar-refractivity contribution in [2.45, 2.75) is 17.8 Å². The number of esters is 2. The second kappa shape index (κ2) is 10.2. The minimum atomic E-state index is -6.19. The van der Waals surface area contributed by atoms with Crippen molar-refractivity contribution in [2.24, 2.45) is 0 Å². The fourth-order valence-electron chi connectivity index (χ4n) is 1.55. The number of rotatable bonds is 8. The number of halogens is 6. The summed E-state index contributed by atoms with van der Waals surface area (Å²) in [6, 6.07) is 3.36. The van der Waals surface area contributed by atoms with Gasteiger partial charge in [-0.3, -0.25) is 0 Å². The highest BCUT2D eigenvalue weighted by Crippen LogP contribution is 2.29. The molecule has 1 atom stereocenters. The summed E-state index contributed by atoms with van der Waals surface area (Å²) in [5, 5.41) is -5.13. The SMILES string of the molecule is O=C(COC(=O)c1cc(I)cc(I)c1I)OCCC(F)C(F)(F)S(=O)(=O)[O-]. The topological polar surface area (TPSA) is 110 Å². The van der Waals surface area contributed by atoms with Crippen molar-refractivity contribution in [1.29, 1.82) is 0 Å². The minimum Gasteiger partial charge on any atom is -0.743 e. The molecule has 0 aliphatic heterocycles.